The van der Waals surface area contributed by atoms with Crippen molar-refractivity contribution in [2.75, 3.05) is 13.1 Å². The van der Waals surface area contributed by atoms with E-state index in [-0.39, 0.29) is 0 Å². The minimum Gasteiger partial charge on any atom is -0.271 e. The molecular formula is C16H30N+. The second kappa shape index (κ2) is 8.52. The molecule has 98 valence electrons. The first-order valence-electron chi connectivity index (χ1n) is 7.56. The van der Waals surface area contributed by atoms with Crippen LogP contribution in [0.25, 0.3) is 0 Å². The fourth-order valence-electron chi connectivity index (χ4n) is 2.57. The predicted octanol–water partition coefficient (Wildman–Crippen LogP) is 5.00. The number of rotatable bonds is 10. The summed E-state index contributed by atoms with van der Waals surface area (Å²) >= 11 is 0. The lowest BCUT2D eigenvalue weighted by molar-refractivity contribution is -0.826. The van der Waals surface area contributed by atoms with Gasteiger partial charge in [0.2, 0.25) is 0 Å². The van der Waals surface area contributed by atoms with Gasteiger partial charge in [-0.3, -0.25) is 4.48 Å². The third-order valence-electron chi connectivity index (χ3n) is 3.73. The molecule has 0 N–H and O–H groups in total. The summed E-state index contributed by atoms with van der Waals surface area (Å²) in [5.74, 6) is 0. The molecule has 17 heavy (non-hydrogen) atoms. The molecule has 0 bridgehead atoms. The number of unbranched alkanes of at least 4 members (excludes halogenated alkanes) is 6. The maximum atomic E-state index is 2.39. The van der Waals surface area contributed by atoms with E-state index in [1.165, 1.54) is 64.5 Å². The number of allylic oxidation sites excluding steroid dienone is 2. The average molecular weight is 236 g/mol. The summed E-state index contributed by atoms with van der Waals surface area (Å²) in [6, 6.07) is 0. The molecule has 0 aromatic heterocycles. The van der Waals surface area contributed by atoms with E-state index in [1.807, 2.05) is 0 Å². The zero-order valence-electron chi connectivity index (χ0n) is 11.8. The van der Waals surface area contributed by atoms with Crippen LogP contribution in [0.5, 0.6) is 0 Å². The van der Waals surface area contributed by atoms with Crippen LogP contribution in [0.4, 0.5) is 0 Å². The SMILES string of the molecule is CCCCCC[N+]1(CCCCCC)C=CC=C1. The molecule has 1 nitrogen and oxygen atoms in total. The van der Waals surface area contributed by atoms with E-state index in [1.54, 1.807) is 0 Å². The van der Waals surface area contributed by atoms with Crippen LogP contribution in [0.2, 0.25) is 0 Å². The van der Waals surface area contributed by atoms with Crippen molar-refractivity contribution < 1.29 is 4.48 Å². The van der Waals surface area contributed by atoms with Gasteiger partial charge in [0.25, 0.3) is 0 Å². The molecule has 0 aromatic carbocycles. The van der Waals surface area contributed by atoms with Gasteiger partial charge in [0, 0.05) is 0 Å². The van der Waals surface area contributed by atoms with Crippen molar-refractivity contribution in [2.24, 2.45) is 0 Å². The molecule has 0 unspecified atom stereocenters. The Morgan fingerprint density at radius 1 is 0.647 bits per heavy atom. The van der Waals surface area contributed by atoms with Gasteiger partial charge in [-0.2, -0.15) is 0 Å². The van der Waals surface area contributed by atoms with Crippen molar-refractivity contribution in [1.29, 1.82) is 0 Å². The third-order valence-corrected chi connectivity index (χ3v) is 3.73. The Morgan fingerprint density at radius 3 is 1.53 bits per heavy atom. The zero-order chi connectivity index (χ0) is 12.4. The third kappa shape index (κ3) is 5.54. The van der Waals surface area contributed by atoms with Gasteiger partial charge in [-0.15, -0.1) is 0 Å². The molecule has 1 heterocycles. The molecule has 0 saturated carbocycles. The standard InChI is InChI=1S/C16H30N/c1-3-5-7-9-13-17(15-11-12-16-17)14-10-8-6-4-2/h11-12,15-16H,3-10,13-14H2,1-2H3/q+1. The minimum atomic E-state index is 1.12. The minimum absolute atomic E-state index is 1.12. The number of nitrogens with zero attached hydrogens (tertiary/aromatic N) is 1. The number of hydrogen-bond donors (Lipinski definition) is 0. The molecule has 0 amide bonds. The van der Waals surface area contributed by atoms with E-state index in [0.717, 1.165) is 4.48 Å². The Balaban J connectivity index is 2.25. The molecule has 1 aliphatic heterocycles. The van der Waals surface area contributed by atoms with Gasteiger partial charge < -0.3 is 0 Å². The lowest BCUT2D eigenvalue weighted by Gasteiger charge is -2.29. The van der Waals surface area contributed by atoms with Crippen molar-refractivity contribution >= 4 is 0 Å². The Kier molecular flexibility index (Phi) is 7.27. The first-order valence-corrected chi connectivity index (χ1v) is 7.56. The predicted molar refractivity (Wildman–Crippen MR) is 76.6 cm³/mol. The Labute approximate surface area is 108 Å². The highest BCUT2D eigenvalue weighted by atomic mass is 15.3. The molecule has 0 spiro atoms. The lowest BCUT2D eigenvalue weighted by atomic mass is 10.1. The van der Waals surface area contributed by atoms with Gasteiger partial charge >= 0.3 is 0 Å². The normalized spacial score (nSPS) is 16.8. The largest absolute Gasteiger partial charge is 0.271 e. The topological polar surface area (TPSA) is 0 Å². The molecule has 0 saturated heterocycles. The van der Waals surface area contributed by atoms with E-state index in [4.69, 9.17) is 0 Å². The zero-order valence-corrected chi connectivity index (χ0v) is 11.8. The maximum Gasteiger partial charge on any atom is 0.101 e. The van der Waals surface area contributed by atoms with E-state index in [9.17, 15) is 0 Å². The van der Waals surface area contributed by atoms with E-state index < -0.39 is 0 Å². The van der Waals surface area contributed by atoms with Gasteiger partial charge in [0.05, 0.1) is 13.1 Å². The highest BCUT2D eigenvalue weighted by molar-refractivity contribution is 5.03. The van der Waals surface area contributed by atoms with Crippen LogP contribution in [-0.2, 0) is 0 Å². The Morgan fingerprint density at radius 2 is 1.12 bits per heavy atom. The van der Waals surface area contributed by atoms with Crippen molar-refractivity contribution in [3.05, 3.63) is 24.6 Å². The van der Waals surface area contributed by atoms with E-state index in [2.05, 4.69) is 38.4 Å². The van der Waals surface area contributed by atoms with E-state index in [0.29, 0.717) is 0 Å². The van der Waals surface area contributed by atoms with Crippen LogP contribution in [0.15, 0.2) is 24.6 Å². The molecule has 0 aromatic rings. The first-order chi connectivity index (χ1) is 8.33. The van der Waals surface area contributed by atoms with Gasteiger partial charge in [-0.05, 0) is 37.8 Å². The van der Waals surface area contributed by atoms with Crippen molar-refractivity contribution in [3.8, 4) is 0 Å². The van der Waals surface area contributed by atoms with Crippen LogP contribution in [0, 0.1) is 0 Å². The maximum absolute atomic E-state index is 2.39. The number of hydrogen-bond acceptors (Lipinski definition) is 0. The molecule has 1 heteroatoms. The van der Waals surface area contributed by atoms with Crippen LogP contribution < -0.4 is 0 Å². The van der Waals surface area contributed by atoms with Crippen LogP contribution in [0.1, 0.15) is 65.2 Å². The summed E-state index contributed by atoms with van der Waals surface area (Å²) in [5, 5.41) is 0. The monoisotopic (exact) mass is 236 g/mol. The van der Waals surface area contributed by atoms with Crippen LogP contribution in [0.3, 0.4) is 0 Å². The molecule has 0 fully saturated rings. The first kappa shape index (κ1) is 14.5. The molecule has 1 rings (SSSR count). The molecule has 0 atom stereocenters. The molecule has 0 aliphatic carbocycles. The van der Waals surface area contributed by atoms with Crippen molar-refractivity contribution in [3.63, 3.8) is 0 Å². The van der Waals surface area contributed by atoms with Crippen LogP contribution in [-0.4, -0.2) is 17.6 Å². The summed E-state index contributed by atoms with van der Waals surface area (Å²) < 4.78 is 1.12. The summed E-state index contributed by atoms with van der Waals surface area (Å²) in [6.45, 7) is 7.17. The average Bonchev–Trinajstić information content (AvgIpc) is 2.80. The van der Waals surface area contributed by atoms with Gasteiger partial charge in [0.1, 0.15) is 12.4 Å². The fraction of sp³-hybridized carbons (Fsp3) is 0.750. The quantitative estimate of drug-likeness (QED) is 0.370. The lowest BCUT2D eigenvalue weighted by Crippen LogP contribution is -2.37. The summed E-state index contributed by atoms with van der Waals surface area (Å²) in [5.41, 5.74) is 0. The smallest absolute Gasteiger partial charge is 0.101 e. The highest BCUT2D eigenvalue weighted by Crippen LogP contribution is 2.20. The van der Waals surface area contributed by atoms with Crippen molar-refractivity contribution in [1.82, 2.24) is 0 Å². The molecular weight excluding hydrogens is 206 g/mol. The summed E-state index contributed by atoms with van der Waals surface area (Å²) in [4.78, 5) is 0. The molecule has 1 aliphatic rings. The van der Waals surface area contributed by atoms with Gasteiger partial charge in [0.15, 0.2) is 0 Å². The van der Waals surface area contributed by atoms with Crippen LogP contribution >= 0.6 is 0 Å². The molecule has 0 radical (unpaired) electrons. The van der Waals surface area contributed by atoms with E-state index >= 15 is 0 Å². The summed E-state index contributed by atoms with van der Waals surface area (Å²) in [7, 11) is 0. The Bertz CT molecular complexity index is 214. The highest BCUT2D eigenvalue weighted by Gasteiger charge is 2.23. The fourth-order valence-corrected chi connectivity index (χ4v) is 2.57. The number of quaternary nitrogens is 1. The van der Waals surface area contributed by atoms with Gasteiger partial charge in [-0.25, -0.2) is 0 Å². The second-order valence-electron chi connectivity index (χ2n) is 5.35. The second-order valence-corrected chi connectivity index (χ2v) is 5.35. The van der Waals surface area contributed by atoms with Gasteiger partial charge in [-0.1, -0.05) is 39.5 Å². The Hall–Kier alpha value is -0.560. The van der Waals surface area contributed by atoms with Crippen molar-refractivity contribution in [2.45, 2.75) is 65.2 Å². The summed E-state index contributed by atoms with van der Waals surface area (Å²) in [6.07, 6.45) is 20.2.